The Hall–Kier alpha value is -4.17. The zero-order valence-corrected chi connectivity index (χ0v) is 22.8. The number of para-hydroxylation sites is 2. The fraction of sp³-hybridized carbons (Fsp3) is 0.323. The lowest BCUT2D eigenvalue weighted by molar-refractivity contribution is -0.150. The van der Waals surface area contributed by atoms with Crippen molar-refractivity contribution in [1.82, 2.24) is 0 Å². The number of ketones is 1. The van der Waals surface area contributed by atoms with Crippen LogP contribution in [0.4, 0.5) is 11.4 Å². The number of amides is 2. The Morgan fingerprint density at radius 1 is 0.872 bits per heavy atom. The minimum absolute atomic E-state index is 0.340. The Morgan fingerprint density at radius 2 is 1.44 bits per heavy atom. The molecule has 0 aromatic heterocycles. The van der Waals surface area contributed by atoms with Gasteiger partial charge in [0.15, 0.2) is 0 Å². The van der Waals surface area contributed by atoms with E-state index in [-0.39, 0.29) is 6.42 Å². The van der Waals surface area contributed by atoms with E-state index in [4.69, 9.17) is 9.47 Å². The van der Waals surface area contributed by atoms with Gasteiger partial charge in [0.05, 0.1) is 25.7 Å². The SMILES string of the molecule is COc1ccc(C2C(C(=O)Nc3ccccc3C)C(=O)CC(C)(O)C2C(=O)Nc2ccccc2C)c(OC)c1. The minimum atomic E-state index is -1.74. The number of rotatable bonds is 7. The maximum Gasteiger partial charge on any atom is 0.235 e. The number of carbonyl (C=O) groups is 3. The second-order valence-corrected chi connectivity index (χ2v) is 10.2. The highest BCUT2D eigenvalue weighted by atomic mass is 16.5. The summed E-state index contributed by atoms with van der Waals surface area (Å²) in [6.07, 6.45) is -0.361. The van der Waals surface area contributed by atoms with Crippen LogP contribution in [0.5, 0.6) is 11.5 Å². The molecule has 204 valence electrons. The maximum atomic E-state index is 13.9. The van der Waals surface area contributed by atoms with Crippen molar-refractivity contribution in [3.05, 3.63) is 83.4 Å². The zero-order chi connectivity index (χ0) is 28.3. The smallest absolute Gasteiger partial charge is 0.235 e. The number of Topliss-reactive ketones (excluding diaryl/α,β-unsaturated/α-hetero) is 1. The van der Waals surface area contributed by atoms with Crippen molar-refractivity contribution in [2.75, 3.05) is 24.9 Å². The number of nitrogens with one attached hydrogen (secondary N) is 2. The molecule has 8 heteroatoms. The number of methoxy groups -OCH3 is 2. The summed E-state index contributed by atoms with van der Waals surface area (Å²) in [7, 11) is 2.98. The molecule has 3 aromatic carbocycles. The van der Waals surface area contributed by atoms with Crippen molar-refractivity contribution >= 4 is 29.0 Å². The maximum absolute atomic E-state index is 13.9. The van der Waals surface area contributed by atoms with Gasteiger partial charge in [-0.15, -0.1) is 0 Å². The number of hydrogen-bond acceptors (Lipinski definition) is 6. The lowest BCUT2D eigenvalue weighted by Crippen LogP contribution is -2.56. The lowest BCUT2D eigenvalue weighted by Gasteiger charge is -2.44. The lowest BCUT2D eigenvalue weighted by atomic mass is 9.61. The molecule has 3 N–H and O–H groups in total. The molecule has 0 bridgehead atoms. The van der Waals surface area contributed by atoms with Crippen LogP contribution < -0.4 is 20.1 Å². The van der Waals surface area contributed by atoms with Crippen LogP contribution in [0.3, 0.4) is 0 Å². The van der Waals surface area contributed by atoms with Gasteiger partial charge < -0.3 is 25.2 Å². The van der Waals surface area contributed by atoms with Gasteiger partial charge in [-0.05, 0) is 55.7 Å². The van der Waals surface area contributed by atoms with Crippen LogP contribution in [0, 0.1) is 25.7 Å². The molecule has 4 atom stereocenters. The van der Waals surface area contributed by atoms with Crippen molar-refractivity contribution in [2.24, 2.45) is 11.8 Å². The van der Waals surface area contributed by atoms with E-state index in [1.54, 1.807) is 42.5 Å². The highest BCUT2D eigenvalue weighted by Crippen LogP contribution is 2.49. The third kappa shape index (κ3) is 5.66. The molecule has 3 aromatic rings. The van der Waals surface area contributed by atoms with Crippen molar-refractivity contribution in [3.63, 3.8) is 0 Å². The molecule has 0 spiro atoms. The molecule has 1 aliphatic rings. The highest BCUT2D eigenvalue weighted by molar-refractivity contribution is 6.10. The summed E-state index contributed by atoms with van der Waals surface area (Å²) in [5.41, 5.74) is 1.52. The van der Waals surface area contributed by atoms with E-state index in [9.17, 15) is 19.5 Å². The molecular weight excluding hydrogens is 496 g/mol. The quantitative estimate of drug-likeness (QED) is 0.384. The normalized spacial score (nSPS) is 22.6. The predicted molar refractivity (Wildman–Crippen MR) is 149 cm³/mol. The summed E-state index contributed by atoms with van der Waals surface area (Å²) in [4.78, 5) is 41.4. The molecule has 39 heavy (non-hydrogen) atoms. The molecule has 0 heterocycles. The van der Waals surface area contributed by atoms with Crippen LogP contribution in [0.25, 0.3) is 0 Å². The van der Waals surface area contributed by atoms with Gasteiger partial charge >= 0.3 is 0 Å². The number of ether oxygens (including phenoxy) is 2. The fourth-order valence-corrected chi connectivity index (χ4v) is 5.41. The first-order valence-corrected chi connectivity index (χ1v) is 12.8. The number of aryl methyl sites for hydroxylation is 2. The summed E-state index contributed by atoms with van der Waals surface area (Å²) in [6.45, 7) is 5.18. The third-order valence-corrected chi connectivity index (χ3v) is 7.44. The van der Waals surface area contributed by atoms with Gasteiger partial charge in [0.1, 0.15) is 23.2 Å². The first-order chi connectivity index (χ1) is 18.6. The Morgan fingerprint density at radius 3 is 1.97 bits per heavy atom. The van der Waals surface area contributed by atoms with Gasteiger partial charge in [0.25, 0.3) is 0 Å². The Bertz CT molecular complexity index is 1400. The topological polar surface area (TPSA) is 114 Å². The molecule has 0 radical (unpaired) electrons. The second-order valence-electron chi connectivity index (χ2n) is 10.2. The average molecular weight is 531 g/mol. The Balaban J connectivity index is 1.85. The van der Waals surface area contributed by atoms with E-state index in [2.05, 4.69) is 10.6 Å². The number of hydrogen-bond donors (Lipinski definition) is 3. The summed E-state index contributed by atoms with van der Waals surface area (Å²) >= 11 is 0. The number of anilines is 2. The van der Waals surface area contributed by atoms with Crippen molar-refractivity contribution in [1.29, 1.82) is 0 Å². The largest absolute Gasteiger partial charge is 0.497 e. The first kappa shape index (κ1) is 27.9. The van der Waals surface area contributed by atoms with Crippen molar-refractivity contribution in [2.45, 2.75) is 38.7 Å². The summed E-state index contributed by atoms with van der Waals surface area (Å²) < 4.78 is 11.0. The van der Waals surface area contributed by atoms with E-state index in [1.165, 1.54) is 21.1 Å². The van der Waals surface area contributed by atoms with Gasteiger partial charge in [-0.2, -0.15) is 0 Å². The Labute approximate surface area is 228 Å². The number of carbonyl (C=O) groups excluding carboxylic acids is 3. The van der Waals surface area contributed by atoms with Crippen LogP contribution in [0.2, 0.25) is 0 Å². The third-order valence-electron chi connectivity index (χ3n) is 7.44. The van der Waals surface area contributed by atoms with Crippen LogP contribution in [0.15, 0.2) is 66.7 Å². The average Bonchev–Trinajstić information content (AvgIpc) is 2.89. The number of benzene rings is 3. The molecule has 1 aliphatic carbocycles. The molecule has 1 fully saturated rings. The van der Waals surface area contributed by atoms with Gasteiger partial charge in [0, 0.05) is 29.8 Å². The molecule has 4 rings (SSSR count). The highest BCUT2D eigenvalue weighted by Gasteiger charge is 2.56. The molecule has 4 unspecified atom stereocenters. The molecular formula is C31H34N2O6. The van der Waals surface area contributed by atoms with Crippen LogP contribution in [0.1, 0.15) is 36.0 Å². The van der Waals surface area contributed by atoms with E-state index < -0.39 is 41.0 Å². The number of aliphatic hydroxyl groups is 1. The molecule has 8 nitrogen and oxygen atoms in total. The summed E-state index contributed by atoms with van der Waals surface area (Å²) in [5, 5.41) is 17.4. The first-order valence-electron chi connectivity index (χ1n) is 12.8. The summed E-state index contributed by atoms with van der Waals surface area (Å²) in [6, 6.07) is 19.5. The van der Waals surface area contributed by atoms with E-state index in [1.807, 2.05) is 38.1 Å². The monoisotopic (exact) mass is 530 g/mol. The summed E-state index contributed by atoms with van der Waals surface area (Å²) in [5.74, 6) is -4.13. The van der Waals surface area contributed by atoms with Crippen molar-refractivity contribution < 1.29 is 29.0 Å². The van der Waals surface area contributed by atoms with Gasteiger partial charge in [0.2, 0.25) is 11.8 Å². The van der Waals surface area contributed by atoms with Crippen molar-refractivity contribution in [3.8, 4) is 11.5 Å². The Kier molecular flexibility index (Phi) is 8.06. The minimum Gasteiger partial charge on any atom is -0.497 e. The van der Waals surface area contributed by atoms with Crippen LogP contribution >= 0.6 is 0 Å². The zero-order valence-electron chi connectivity index (χ0n) is 22.8. The van der Waals surface area contributed by atoms with Gasteiger partial charge in [-0.25, -0.2) is 0 Å². The molecule has 2 amide bonds. The van der Waals surface area contributed by atoms with Gasteiger partial charge in [-0.1, -0.05) is 42.5 Å². The van der Waals surface area contributed by atoms with Gasteiger partial charge in [-0.3, -0.25) is 14.4 Å². The van der Waals surface area contributed by atoms with E-state index >= 15 is 0 Å². The second kappa shape index (κ2) is 11.3. The standard InChI is InChI=1S/C31H34N2O6/c1-18-10-6-8-12-22(18)32-29(35)27-24(34)17-31(3,37)28(30(36)33-23-13-9-7-11-19(23)2)26(27)21-15-14-20(38-4)16-25(21)39-5/h6-16,26-28,37H,17H2,1-5H3,(H,32,35)(H,33,36). The predicted octanol–water partition coefficient (Wildman–Crippen LogP) is 4.64. The van der Waals surface area contributed by atoms with E-state index in [0.717, 1.165) is 11.1 Å². The fourth-order valence-electron chi connectivity index (χ4n) is 5.41. The van der Waals surface area contributed by atoms with Crippen LogP contribution in [-0.4, -0.2) is 42.5 Å². The van der Waals surface area contributed by atoms with Crippen LogP contribution in [-0.2, 0) is 14.4 Å². The molecule has 1 saturated carbocycles. The van der Waals surface area contributed by atoms with E-state index in [0.29, 0.717) is 28.4 Å². The molecule has 0 aliphatic heterocycles. The molecule has 0 saturated heterocycles.